The minimum atomic E-state index is -0.239. The number of carbonyl (C=O) groups is 2. The van der Waals surface area contributed by atoms with E-state index in [9.17, 15) is 9.59 Å². The summed E-state index contributed by atoms with van der Waals surface area (Å²) in [6, 6.07) is 4.87. The number of hydrogen-bond acceptors (Lipinski definition) is 3. The fraction of sp³-hybridized carbons (Fsp3) is 0.529. The Kier molecular flexibility index (Phi) is 5.64. The number of likely N-dealkylation sites (tertiary alicyclic amines) is 1. The van der Waals surface area contributed by atoms with Crippen LogP contribution in [0.1, 0.15) is 29.6 Å². The molecule has 0 spiro atoms. The average molecular weight is 370 g/mol. The lowest BCUT2D eigenvalue weighted by atomic mass is 10.0. The Morgan fingerprint density at radius 1 is 1.25 bits per heavy atom. The third-order valence-corrected chi connectivity index (χ3v) is 5.50. The summed E-state index contributed by atoms with van der Waals surface area (Å²) in [5.41, 5.74) is 0.375. The van der Waals surface area contributed by atoms with E-state index in [1.165, 1.54) is 0 Å². The van der Waals surface area contributed by atoms with Crippen molar-refractivity contribution in [3.63, 3.8) is 0 Å². The number of benzene rings is 1. The summed E-state index contributed by atoms with van der Waals surface area (Å²) in [5.74, 6) is 0.194. The second-order valence-electron chi connectivity index (χ2n) is 6.41. The summed E-state index contributed by atoms with van der Waals surface area (Å²) in [4.78, 5) is 26.6. The Bertz CT molecular complexity index is 632. The Morgan fingerprint density at radius 3 is 2.75 bits per heavy atom. The Labute approximate surface area is 151 Å². The van der Waals surface area contributed by atoms with Crippen LogP contribution >= 0.6 is 23.2 Å². The Hall–Kier alpha value is -1.30. The predicted molar refractivity (Wildman–Crippen MR) is 94.5 cm³/mol. The molecule has 3 rings (SSSR count). The van der Waals surface area contributed by atoms with Crippen LogP contribution in [0.25, 0.3) is 0 Å². The molecule has 1 aromatic rings. The molecule has 0 saturated carbocycles. The van der Waals surface area contributed by atoms with Gasteiger partial charge in [0.1, 0.15) is 0 Å². The zero-order valence-electron chi connectivity index (χ0n) is 13.4. The molecule has 2 aliphatic rings. The molecule has 2 aliphatic heterocycles. The van der Waals surface area contributed by atoms with E-state index in [1.54, 1.807) is 18.2 Å². The predicted octanol–water partition coefficient (Wildman–Crippen LogP) is 2.32. The monoisotopic (exact) mass is 369 g/mol. The molecule has 2 amide bonds. The van der Waals surface area contributed by atoms with E-state index in [-0.39, 0.29) is 28.8 Å². The number of carbonyl (C=O) groups excluding carboxylic acids is 2. The van der Waals surface area contributed by atoms with Crippen molar-refractivity contribution < 1.29 is 9.59 Å². The van der Waals surface area contributed by atoms with Gasteiger partial charge >= 0.3 is 0 Å². The smallest absolute Gasteiger partial charge is 0.252 e. The van der Waals surface area contributed by atoms with E-state index >= 15 is 0 Å². The number of amides is 2. The minimum absolute atomic E-state index is 0.125. The number of nitrogens with one attached hydrogen (secondary N) is 2. The van der Waals surface area contributed by atoms with Crippen LogP contribution in [0.5, 0.6) is 0 Å². The molecular formula is C17H21Cl2N3O2. The van der Waals surface area contributed by atoms with Crippen LogP contribution in [0.2, 0.25) is 10.0 Å². The van der Waals surface area contributed by atoms with Crippen molar-refractivity contribution >= 4 is 35.0 Å². The van der Waals surface area contributed by atoms with Crippen LogP contribution in [0.4, 0.5) is 0 Å². The highest BCUT2D eigenvalue weighted by molar-refractivity contribution is 6.43. The van der Waals surface area contributed by atoms with Crippen LogP contribution in [-0.2, 0) is 4.79 Å². The van der Waals surface area contributed by atoms with Gasteiger partial charge in [0.25, 0.3) is 5.91 Å². The molecule has 2 saturated heterocycles. The molecule has 130 valence electrons. The van der Waals surface area contributed by atoms with E-state index in [1.807, 2.05) is 4.90 Å². The first-order valence-corrected chi connectivity index (χ1v) is 9.06. The van der Waals surface area contributed by atoms with Gasteiger partial charge in [-0.15, -0.1) is 0 Å². The summed E-state index contributed by atoms with van der Waals surface area (Å²) in [7, 11) is 0. The molecule has 0 aromatic heterocycles. The lowest BCUT2D eigenvalue weighted by Gasteiger charge is -2.20. The van der Waals surface area contributed by atoms with Gasteiger partial charge in [-0.05, 0) is 37.3 Å². The molecule has 2 atom stereocenters. The summed E-state index contributed by atoms with van der Waals surface area (Å²) in [6.45, 7) is 2.98. The van der Waals surface area contributed by atoms with Gasteiger partial charge in [-0.3, -0.25) is 9.59 Å². The summed E-state index contributed by atoms with van der Waals surface area (Å²) >= 11 is 12.0. The summed E-state index contributed by atoms with van der Waals surface area (Å²) in [5, 5.41) is 6.80. The van der Waals surface area contributed by atoms with Crippen molar-refractivity contribution in [2.45, 2.75) is 25.3 Å². The standard InChI is InChI=1S/C17H21Cl2N3O2/c18-13-5-3-4-12(15(13)19)16(23)21-10-11-8-14(20-9-11)17(24)22-6-1-2-7-22/h3-5,11,14,20H,1-2,6-10H2,(H,21,23). The highest BCUT2D eigenvalue weighted by Gasteiger charge is 2.33. The van der Waals surface area contributed by atoms with Crippen molar-refractivity contribution in [2.75, 3.05) is 26.2 Å². The first-order chi connectivity index (χ1) is 11.6. The van der Waals surface area contributed by atoms with Crippen LogP contribution in [0.3, 0.4) is 0 Å². The molecule has 24 heavy (non-hydrogen) atoms. The third kappa shape index (κ3) is 3.85. The van der Waals surface area contributed by atoms with Gasteiger partial charge in [0.05, 0.1) is 21.7 Å². The molecule has 0 aliphatic carbocycles. The maximum atomic E-state index is 12.4. The topological polar surface area (TPSA) is 61.4 Å². The van der Waals surface area contributed by atoms with Crippen LogP contribution < -0.4 is 10.6 Å². The SMILES string of the molecule is O=C(NCC1CNC(C(=O)N2CCCC2)C1)c1cccc(Cl)c1Cl. The third-order valence-electron chi connectivity index (χ3n) is 4.69. The Morgan fingerprint density at radius 2 is 2.00 bits per heavy atom. The lowest BCUT2D eigenvalue weighted by molar-refractivity contribution is -0.132. The van der Waals surface area contributed by atoms with E-state index in [2.05, 4.69) is 10.6 Å². The maximum absolute atomic E-state index is 12.4. The largest absolute Gasteiger partial charge is 0.352 e. The van der Waals surface area contributed by atoms with Gasteiger partial charge in [0, 0.05) is 26.2 Å². The van der Waals surface area contributed by atoms with Crippen molar-refractivity contribution in [2.24, 2.45) is 5.92 Å². The van der Waals surface area contributed by atoms with Crippen molar-refractivity contribution in [3.05, 3.63) is 33.8 Å². The molecule has 5 nitrogen and oxygen atoms in total. The molecule has 1 aromatic carbocycles. The van der Waals surface area contributed by atoms with Crippen molar-refractivity contribution in [1.29, 1.82) is 0 Å². The molecule has 0 bridgehead atoms. The number of halogens is 2. The average Bonchev–Trinajstić information content (AvgIpc) is 3.26. The van der Waals surface area contributed by atoms with Gasteiger partial charge in [0.15, 0.2) is 0 Å². The van der Waals surface area contributed by atoms with Crippen molar-refractivity contribution in [1.82, 2.24) is 15.5 Å². The van der Waals surface area contributed by atoms with Gasteiger partial charge in [-0.25, -0.2) is 0 Å². The molecule has 7 heteroatoms. The van der Waals surface area contributed by atoms with E-state index < -0.39 is 0 Å². The second-order valence-corrected chi connectivity index (χ2v) is 7.19. The van der Waals surface area contributed by atoms with Crippen LogP contribution in [0.15, 0.2) is 18.2 Å². The molecule has 2 heterocycles. The molecule has 2 fully saturated rings. The second kappa shape index (κ2) is 7.72. The van der Waals surface area contributed by atoms with Crippen LogP contribution in [0, 0.1) is 5.92 Å². The number of rotatable bonds is 4. The fourth-order valence-electron chi connectivity index (χ4n) is 3.32. The van der Waals surface area contributed by atoms with E-state index in [0.29, 0.717) is 17.1 Å². The molecule has 0 radical (unpaired) electrons. The van der Waals surface area contributed by atoms with E-state index in [4.69, 9.17) is 23.2 Å². The maximum Gasteiger partial charge on any atom is 0.252 e. The zero-order chi connectivity index (χ0) is 17.1. The summed E-state index contributed by atoms with van der Waals surface area (Å²) < 4.78 is 0. The van der Waals surface area contributed by atoms with E-state index in [0.717, 1.165) is 38.9 Å². The van der Waals surface area contributed by atoms with Gasteiger partial charge < -0.3 is 15.5 Å². The highest BCUT2D eigenvalue weighted by Crippen LogP contribution is 2.25. The summed E-state index contributed by atoms with van der Waals surface area (Å²) in [6.07, 6.45) is 2.94. The number of hydrogen-bond donors (Lipinski definition) is 2. The van der Waals surface area contributed by atoms with Crippen molar-refractivity contribution in [3.8, 4) is 0 Å². The number of nitrogens with zero attached hydrogens (tertiary/aromatic N) is 1. The zero-order valence-corrected chi connectivity index (χ0v) is 14.9. The van der Waals surface area contributed by atoms with Crippen LogP contribution in [-0.4, -0.2) is 48.9 Å². The first-order valence-electron chi connectivity index (χ1n) is 8.30. The molecule has 2 N–H and O–H groups in total. The first kappa shape index (κ1) is 17.5. The lowest BCUT2D eigenvalue weighted by Crippen LogP contribution is -2.42. The fourth-order valence-corrected chi connectivity index (χ4v) is 3.71. The Balaban J connectivity index is 1.50. The normalized spacial score (nSPS) is 23.5. The van der Waals surface area contributed by atoms with Gasteiger partial charge in [0.2, 0.25) is 5.91 Å². The van der Waals surface area contributed by atoms with Gasteiger partial charge in [-0.1, -0.05) is 29.3 Å². The molecule has 2 unspecified atom stereocenters. The quantitative estimate of drug-likeness (QED) is 0.855. The minimum Gasteiger partial charge on any atom is -0.352 e. The molecular weight excluding hydrogens is 349 g/mol. The van der Waals surface area contributed by atoms with Gasteiger partial charge in [-0.2, -0.15) is 0 Å². The highest BCUT2D eigenvalue weighted by atomic mass is 35.5.